The largest absolute Gasteiger partial charge is 0.323 e. The Balaban J connectivity index is 1.36. The fourth-order valence-corrected chi connectivity index (χ4v) is 4.29. The van der Waals surface area contributed by atoms with Crippen molar-refractivity contribution in [3.8, 4) is 11.1 Å². The first-order valence-corrected chi connectivity index (χ1v) is 11.6. The number of benzene rings is 3. The summed E-state index contributed by atoms with van der Waals surface area (Å²) in [5.74, 6) is -0.123. The molecule has 0 saturated carbocycles. The second-order valence-corrected chi connectivity index (χ2v) is 8.71. The monoisotopic (exact) mass is 424 g/mol. The molecule has 1 unspecified atom stereocenters. The van der Waals surface area contributed by atoms with Gasteiger partial charge in [0.25, 0.3) is 0 Å². The third kappa shape index (κ3) is 5.74. The van der Waals surface area contributed by atoms with E-state index < -0.39 is 0 Å². The third-order valence-electron chi connectivity index (χ3n) is 6.30. The van der Waals surface area contributed by atoms with Gasteiger partial charge in [0.1, 0.15) is 0 Å². The molecule has 1 heterocycles. The van der Waals surface area contributed by atoms with Gasteiger partial charge in [0.15, 0.2) is 0 Å². The Bertz CT molecular complexity index is 1060. The van der Waals surface area contributed by atoms with Gasteiger partial charge in [0, 0.05) is 17.8 Å². The molecule has 1 fully saturated rings. The highest BCUT2D eigenvalue weighted by molar-refractivity contribution is 6.02. The molecule has 1 amide bonds. The van der Waals surface area contributed by atoms with Crippen LogP contribution >= 0.6 is 0 Å². The highest BCUT2D eigenvalue weighted by Gasteiger charge is 2.17. The van der Waals surface area contributed by atoms with Crippen molar-refractivity contribution in [3.63, 3.8) is 0 Å². The molecule has 1 atom stereocenters. The van der Waals surface area contributed by atoms with E-state index in [1.165, 1.54) is 49.0 Å². The van der Waals surface area contributed by atoms with Gasteiger partial charge >= 0.3 is 0 Å². The van der Waals surface area contributed by atoms with Gasteiger partial charge in [-0.15, -0.1) is 0 Å². The molecule has 0 radical (unpaired) electrons. The summed E-state index contributed by atoms with van der Waals surface area (Å²) in [6, 6.07) is 25.4. The predicted octanol–water partition coefficient (Wildman–Crippen LogP) is 6.86. The SMILES string of the molecule is Cc1ccc(-c2cccc(/C=C/C(=O)Nc3ccc(C(C)N4CCCCC4)cc3)c2)cc1. The number of carbonyl (C=O) groups is 1. The summed E-state index contributed by atoms with van der Waals surface area (Å²) in [5, 5.41) is 2.97. The quantitative estimate of drug-likeness (QED) is 0.438. The van der Waals surface area contributed by atoms with Gasteiger partial charge in [0.05, 0.1) is 0 Å². The fraction of sp³-hybridized carbons (Fsp3) is 0.276. The van der Waals surface area contributed by atoms with Crippen LogP contribution in [0.5, 0.6) is 0 Å². The Labute approximate surface area is 191 Å². The minimum Gasteiger partial charge on any atom is -0.323 e. The van der Waals surface area contributed by atoms with Gasteiger partial charge in [-0.05, 0) is 86.3 Å². The van der Waals surface area contributed by atoms with Gasteiger partial charge in [-0.25, -0.2) is 0 Å². The maximum absolute atomic E-state index is 12.4. The first kappa shape index (κ1) is 22.0. The van der Waals surface area contributed by atoms with Gasteiger partial charge in [-0.1, -0.05) is 66.6 Å². The van der Waals surface area contributed by atoms with Crippen molar-refractivity contribution in [1.82, 2.24) is 4.90 Å². The number of amides is 1. The Morgan fingerprint density at radius 2 is 1.62 bits per heavy atom. The Morgan fingerprint density at radius 3 is 2.34 bits per heavy atom. The van der Waals surface area contributed by atoms with Crippen molar-refractivity contribution >= 4 is 17.7 Å². The number of anilines is 1. The summed E-state index contributed by atoms with van der Waals surface area (Å²) in [6.45, 7) is 6.71. The van der Waals surface area contributed by atoms with E-state index in [1.54, 1.807) is 6.08 Å². The van der Waals surface area contributed by atoms with Crippen molar-refractivity contribution in [2.45, 2.75) is 39.2 Å². The first-order valence-electron chi connectivity index (χ1n) is 11.6. The highest BCUT2D eigenvalue weighted by Crippen LogP contribution is 2.25. The lowest BCUT2D eigenvalue weighted by Crippen LogP contribution is -2.32. The van der Waals surface area contributed by atoms with E-state index in [1.807, 2.05) is 30.3 Å². The highest BCUT2D eigenvalue weighted by atomic mass is 16.1. The van der Waals surface area contributed by atoms with E-state index in [-0.39, 0.29) is 5.91 Å². The van der Waals surface area contributed by atoms with Crippen LogP contribution in [-0.2, 0) is 4.79 Å². The van der Waals surface area contributed by atoms with Gasteiger partial charge < -0.3 is 5.32 Å². The van der Waals surface area contributed by atoms with E-state index in [4.69, 9.17) is 0 Å². The molecule has 32 heavy (non-hydrogen) atoms. The molecule has 1 N–H and O–H groups in total. The summed E-state index contributed by atoms with van der Waals surface area (Å²) in [5.41, 5.74) is 6.69. The van der Waals surface area contributed by atoms with Crippen molar-refractivity contribution in [1.29, 1.82) is 0 Å². The number of hydrogen-bond donors (Lipinski definition) is 1. The number of likely N-dealkylation sites (tertiary alicyclic amines) is 1. The maximum atomic E-state index is 12.4. The Kier molecular flexibility index (Phi) is 7.18. The Hall–Kier alpha value is -3.17. The lowest BCUT2D eigenvalue weighted by molar-refractivity contribution is -0.111. The normalized spacial score (nSPS) is 15.6. The molecule has 4 rings (SSSR count). The zero-order valence-electron chi connectivity index (χ0n) is 19.1. The molecule has 1 aliphatic heterocycles. The van der Waals surface area contributed by atoms with Crippen LogP contribution in [0.2, 0.25) is 0 Å². The minimum atomic E-state index is -0.123. The third-order valence-corrected chi connectivity index (χ3v) is 6.30. The summed E-state index contributed by atoms with van der Waals surface area (Å²) in [4.78, 5) is 15.0. The molecular formula is C29H32N2O. The van der Waals surface area contributed by atoms with E-state index >= 15 is 0 Å². The molecule has 0 bridgehead atoms. The molecule has 0 spiro atoms. The van der Waals surface area contributed by atoms with Crippen LogP contribution in [0.25, 0.3) is 17.2 Å². The molecule has 0 aliphatic carbocycles. The summed E-state index contributed by atoms with van der Waals surface area (Å²) >= 11 is 0. The second kappa shape index (κ2) is 10.4. The summed E-state index contributed by atoms with van der Waals surface area (Å²) in [6.07, 6.45) is 7.38. The first-order chi connectivity index (χ1) is 15.6. The molecular weight excluding hydrogens is 392 g/mol. The number of rotatable bonds is 6. The number of hydrogen-bond acceptors (Lipinski definition) is 2. The standard InChI is InChI=1S/C29H32N2O/c1-22-9-12-26(13-10-22)27-8-6-7-24(21-27)11-18-29(32)30-28-16-14-25(15-17-28)23(2)31-19-4-3-5-20-31/h6-18,21,23H,3-5,19-20H2,1-2H3,(H,30,32)/b18-11+. The van der Waals surface area contributed by atoms with Crippen LogP contribution in [-0.4, -0.2) is 23.9 Å². The lowest BCUT2D eigenvalue weighted by Gasteiger charge is -2.32. The molecule has 3 heteroatoms. The van der Waals surface area contributed by atoms with Gasteiger partial charge in [-0.2, -0.15) is 0 Å². The average Bonchev–Trinajstić information content (AvgIpc) is 2.84. The number of carbonyl (C=O) groups excluding carboxylic acids is 1. The molecule has 3 nitrogen and oxygen atoms in total. The van der Waals surface area contributed by atoms with Crippen molar-refractivity contribution in [2.75, 3.05) is 18.4 Å². The molecule has 3 aromatic carbocycles. The summed E-state index contributed by atoms with van der Waals surface area (Å²) < 4.78 is 0. The molecule has 1 aliphatic rings. The predicted molar refractivity (Wildman–Crippen MR) is 135 cm³/mol. The van der Waals surface area contributed by atoms with Crippen molar-refractivity contribution in [3.05, 3.63) is 95.6 Å². The molecule has 1 saturated heterocycles. The van der Waals surface area contributed by atoms with Gasteiger partial charge in [-0.3, -0.25) is 9.69 Å². The van der Waals surface area contributed by atoms with E-state index in [9.17, 15) is 4.79 Å². The fourth-order valence-electron chi connectivity index (χ4n) is 4.29. The van der Waals surface area contributed by atoms with E-state index in [0.717, 1.165) is 16.8 Å². The minimum absolute atomic E-state index is 0.123. The molecule has 3 aromatic rings. The van der Waals surface area contributed by atoms with Crippen molar-refractivity contribution < 1.29 is 4.79 Å². The average molecular weight is 425 g/mol. The van der Waals surface area contributed by atoms with Crippen LogP contribution in [0.1, 0.15) is 48.9 Å². The maximum Gasteiger partial charge on any atom is 0.248 e. The number of nitrogens with zero attached hydrogens (tertiary/aromatic N) is 1. The molecule has 164 valence electrons. The van der Waals surface area contributed by atoms with Crippen LogP contribution in [0.4, 0.5) is 5.69 Å². The van der Waals surface area contributed by atoms with Crippen LogP contribution in [0.3, 0.4) is 0 Å². The number of aryl methyl sites for hydroxylation is 1. The van der Waals surface area contributed by atoms with Crippen LogP contribution in [0, 0.1) is 6.92 Å². The van der Waals surface area contributed by atoms with E-state index in [2.05, 4.69) is 72.6 Å². The van der Waals surface area contributed by atoms with Crippen molar-refractivity contribution in [2.24, 2.45) is 0 Å². The number of nitrogens with one attached hydrogen (secondary N) is 1. The lowest BCUT2D eigenvalue weighted by atomic mass is 10.0. The van der Waals surface area contributed by atoms with Crippen LogP contribution in [0.15, 0.2) is 78.9 Å². The Morgan fingerprint density at radius 1 is 0.906 bits per heavy atom. The smallest absolute Gasteiger partial charge is 0.248 e. The topological polar surface area (TPSA) is 32.3 Å². The second-order valence-electron chi connectivity index (χ2n) is 8.71. The van der Waals surface area contributed by atoms with E-state index in [0.29, 0.717) is 6.04 Å². The zero-order valence-corrected chi connectivity index (χ0v) is 19.1. The summed E-state index contributed by atoms with van der Waals surface area (Å²) in [7, 11) is 0. The van der Waals surface area contributed by atoms with Crippen LogP contribution < -0.4 is 5.32 Å². The molecule has 0 aromatic heterocycles. The zero-order chi connectivity index (χ0) is 22.3. The van der Waals surface area contributed by atoms with Gasteiger partial charge in [0.2, 0.25) is 5.91 Å². The number of piperidine rings is 1.